The number of hydrogen-bond acceptors (Lipinski definition) is 6. The number of carbonyl (C=O) groups is 1. The minimum Gasteiger partial charge on any atom is -0.492 e. The van der Waals surface area contributed by atoms with E-state index in [1.807, 2.05) is 25.1 Å². The van der Waals surface area contributed by atoms with Crippen LogP contribution in [0.4, 0.5) is 0 Å². The first-order valence-electron chi connectivity index (χ1n) is 8.95. The van der Waals surface area contributed by atoms with Crippen LogP contribution in [0.3, 0.4) is 0 Å². The summed E-state index contributed by atoms with van der Waals surface area (Å²) in [6.07, 6.45) is 1.22. The third-order valence-corrected chi connectivity index (χ3v) is 4.35. The number of esters is 1. The highest BCUT2D eigenvalue weighted by atomic mass is 16.5. The van der Waals surface area contributed by atoms with Crippen LogP contribution in [0, 0.1) is 11.8 Å². The first-order valence-corrected chi connectivity index (χ1v) is 8.95. The van der Waals surface area contributed by atoms with E-state index >= 15 is 0 Å². The fraction of sp³-hybridized carbons (Fsp3) is 0.550. The molecule has 6 heteroatoms. The Morgan fingerprint density at radius 2 is 2.15 bits per heavy atom. The van der Waals surface area contributed by atoms with Crippen molar-refractivity contribution in [1.82, 2.24) is 0 Å². The van der Waals surface area contributed by atoms with E-state index in [-0.39, 0.29) is 11.9 Å². The molecule has 0 fully saturated rings. The molecular weight excluding hydrogens is 334 g/mol. The number of aliphatic hydroxyl groups is 1. The van der Waals surface area contributed by atoms with Gasteiger partial charge in [0, 0.05) is 18.2 Å². The van der Waals surface area contributed by atoms with Crippen molar-refractivity contribution in [2.75, 3.05) is 13.7 Å². The molecule has 6 nitrogen and oxygen atoms in total. The maximum absolute atomic E-state index is 11.6. The monoisotopic (exact) mass is 363 g/mol. The van der Waals surface area contributed by atoms with Gasteiger partial charge in [0.05, 0.1) is 25.7 Å². The van der Waals surface area contributed by atoms with Crippen molar-refractivity contribution < 1.29 is 24.1 Å². The summed E-state index contributed by atoms with van der Waals surface area (Å²) in [4.78, 5) is 11.6. The highest BCUT2D eigenvalue weighted by Crippen LogP contribution is 2.38. The van der Waals surface area contributed by atoms with Gasteiger partial charge in [0.2, 0.25) is 0 Å². The number of aliphatic hydroxyl groups excluding tert-OH is 1. The zero-order valence-corrected chi connectivity index (χ0v) is 15.9. The normalized spacial score (nSPS) is 20.9. The van der Waals surface area contributed by atoms with Crippen molar-refractivity contribution in [2.24, 2.45) is 17.6 Å². The molecule has 26 heavy (non-hydrogen) atoms. The molecule has 3 N–H and O–H groups in total. The highest BCUT2D eigenvalue weighted by molar-refractivity contribution is 5.72. The second kappa shape index (κ2) is 8.94. The van der Waals surface area contributed by atoms with E-state index in [1.165, 1.54) is 13.3 Å². The molecule has 1 aromatic carbocycles. The lowest BCUT2D eigenvalue weighted by molar-refractivity contribution is -0.144. The van der Waals surface area contributed by atoms with Crippen LogP contribution in [0.2, 0.25) is 0 Å². The Balaban J connectivity index is 2.16. The quantitative estimate of drug-likeness (QED) is 0.572. The summed E-state index contributed by atoms with van der Waals surface area (Å²) >= 11 is 0. The van der Waals surface area contributed by atoms with Gasteiger partial charge >= 0.3 is 5.97 Å². The smallest absolute Gasteiger partial charge is 0.308 e. The van der Waals surface area contributed by atoms with Gasteiger partial charge < -0.3 is 25.1 Å². The largest absolute Gasteiger partial charge is 0.492 e. The zero-order valence-electron chi connectivity index (χ0n) is 15.9. The predicted octanol–water partition coefficient (Wildman–Crippen LogP) is 2.70. The van der Waals surface area contributed by atoms with Gasteiger partial charge in [-0.1, -0.05) is 32.9 Å². The standard InChI is InChI=1S/C20H29NO5/c1-12(2)11-25-19(10-21)18-9-16(22)15-6-5-14(8-17(15)26-18)7-13(3)20(23)24-4/h5-6,8,10,12-13,16,18,22H,7,9,11,21H2,1-4H3/b19-10-. The minimum atomic E-state index is -0.659. The number of hydrogen-bond donors (Lipinski definition) is 2. The van der Waals surface area contributed by atoms with Gasteiger partial charge in [0.15, 0.2) is 11.9 Å². The third kappa shape index (κ3) is 4.91. The Morgan fingerprint density at radius 3 is 2.77 bits per heavy atom. The van der Waals surface area contributed by atoms with Crippen molar-refractivity contribution in [2.45, 2.75) is 45.8 Å². The van der Waals surface area contributed by atoms with E-state index in [1.54, 1.807) is 0 Å². The minimum absolute atomic E-state index is 0.253. The molecule has 0 aliphatic carbocycles. The molecule has 3 atom stereocenters. The molecule has 0 amide bonds. The zero-order chi connectivity index (χ0) is 19.3. The average Bonchev–Trinajstić information content (AvgIpc) is 2.61. The lowest BCUT2D eigenvalue weighted by atomic mass is 9.94. The fourth-order valence-electron chi connectivity index (χ4n) is 2.94. The van der Waals surface area contributed by atoms with Crippen LogP contribution in [0.1, 0.15) is 44.4 Å². The molecule has 1 aromatic rings. The maximum Gasteiger partial charge on any atom is 0.308 e. The van der Waals surface area contributed by atoms with Crippen molar-refractivity contribution in [3.05, 3.63) is 41.3 Å². The van der Waals surface area contributed by atoms with E-state index < -0.39 is 12.2 Å². The summed E-state index contributed by atoms with van der Waals surface area (Å²) < 4.78 is 16.6. The van der Waals surface area contributed by atoms with Crippen molar-refractivity contribution in [1.29, 1.82) is 0 Å². The Labute approximate surface area is 154 Å². The Hall–Kier alpha value is -2.21. The van der Waals surface area contributed by atoms with E-state index in [2.05, 4.69) is 13.8 Å². The Morgan fingerprint density at radius 1 is 1.42 bits per heavy atom. The number of rotatable bonds is 7. The highest BCUT2D eigenvalue weighted by Gasteiger charge is 2.31. The maximum atomic E-state index is 11.6. The Kier molecular flexibility index (Phi) is 6.91. The predicted molar refractivity (Wildman–Crippen MR) is 98.4 cm³/mol. The number of carbonyl (C=O) groups excluding carboxylic acids is 1. The third-order valence-electron chi connectivity index (χ3n) is 4.35. The average molecular weight is 363 g/mol. The topological polar surface area (TPSA) is 91.0 Å². The van der Waals surface area contributed by atoms with Crippen LogP contribution in [-0.2, 0) is 20.7 Å². The second-order valence-electron chi connectivity index (χ2n) is 7.13. The number of benzene rings is 1. The lowest BCUT2D eigenvalue weighted by Gasteiger charge is -2.31. The summed E-state index contributed by atoms with van der Waals surface area (Å²) in [5, 5.41) is 10.5. The van der Waals surface area contributed by atoms with Crippen molar-refractivity contribution in [3.63, 3.8) is 0 Å². The molecule has 0 saturated heterocycles. The van der Waals surface area contributed by atoms with Crippen LogP contribution < -0.4 is 10.5 Å². The molecule has 0 radical (unpaired) electrons. The van der Waals surface area contributed by atoms with Crippen LogP contribution >= 0.6 is 0 Å². The van der Waals surface area contributed by atoms with Crippen LogP contribution in [0.25, 0.3) is 0 Å². The summed E-state index contributed by atoms with van der Waals surface area (Å²) in [5.74, 6) is 0.970. The molecule has 0 spiro atoms. The van der Waals surface area contributed by atoms with Crippen LogP contribution in [0.5, 0.6) is 5.75 Å². The van der Waals surface area contributed by atoms with Gasteiger partial charge in [0.1, 0.15) is 5.75 Å². The molecule has 144 valence electrons. The summed E-state index contributed by atoms with van der Waals surface area (Å²) in [6.45, 7) is 6.45. The van der Waals surface area contributed by atoms with Gasteiger partial charge in [-0.05, 0) is 24.0 Å². The number of ether oxygens (including phenoxy) is 3. The molecule has 0 bridgehead atoms. The molecule has 2 rings (SSSR count). The first-order chi connectivity index (χ1) is 12.3. The molecule has 0 saturated carbocycles. The van der Waals surface area contributed by atoms with Gasteiger partial charge in [-0.3, -0.25) is 4.79 Å². The van der Waals surface area contributed by atoms with Gasteiger partial charge in [0.25, 0.3) is 0 Å². The fourth-order valence-corrected chi connectivity index (χ4v) is 2.94. The van der Waals surface area contributed by atoms with Gasteiger partial charge in [-0.15, -0.1) is 0 Å². The van der Waals surface area contributed by atoms with Gasteiger partial charge in [-0.2, -0.15) is 0 Å². The number of nitrogens with two attached hydrogens (primary N) is 1. The van der Waals surface area contributed by atoms with E-state index in [9.17, 15) is 9.90 Å². The van der Waals surface area contributed by atoms with Gasteiger partial charge in [-0.25, -0.2) is 0 Å². The molecule has 3 unspecified atom stereocenters. The SMILES string of the molecule is COC(=O)C(C)Cc1ccc2c(c1)OC(/C(=C/N)OCC(C)C)CC2O. The Bertz CT molecular complexity index is 656. The number of fused-ring (bicyclic) bond motifs is 1. The second-order valence-corrected chi connectivity index (χ2v) is 7.13. The molecule has 1 aliphatic rings. The summed E-state index contributed by atoms with van der Waals surface area (Å²) in [7, 11) is 1.38. The van der Waals surface area contributed by atoms with Crippen LogP contribution in [-0.4, -0.2) is 30.9 Å². The number of methoxy groups -OCH3 is 1. The summed E-state index contributed by atoms with van der Waals surface area (Å²) in [5.41, 5.74) is 7.37. The van der Waals surface area contributed by atoms with Crippen molar-refractivity contribution >= 4 is 5.97 Å². The van der Waals surface area contributed by atoms with E-state index in [0.29, 0.717) is 36.9 Å². The van der Waals surface area contributed by atoms with Crippen molar-refractivity contribution in [3.8, 4) is 5.75 Å². The molecule has 1 aliphatic heterocycles. The lowest BCUT2D eigenvalue weighted by Crippen LogP contribution is -2.30. The van der Waals surface area contributed by atoms with E-state index in [4.69, 9.17) is 19.9 Å². The van der Waals surface area contributed by atoms with E-state index in [0.717, 1.165) is 11.1 Å². The van der Waals surface area contributed by atoms with Crippen LogP contribution in [0.15, 0.2) is 30.2 Å². The summed E-state index contributed by atoms with van der Waals surface area (Å²) in [6, 6.07) is 5.61. The first kappa shape index (κ1) is 20.1. The molecule has 0 aromatic heterocycles. The molecule has 1 heterocycles. The molecular formula is C20H29NO5.